The summed E-state index contributed by atoms with van der Waals surface area (Å²) in [6, 6.07) is 1.71. The standard InChI is InChI=1S/C25H34F3N3O7/c1-3-14(2)20(23(35)29-17(24(36)37)10-11-25(26,27)28)31-21(33)18(13-15-6-8-16(32)9-7-15)30-22(34)19-5-4-12-38-19/h6-9,14,17-20,32H,3-5,10-13H2,1-2H3,(H,29,35)(H,30,34)(H,31,33)(H,36,37)/t14?,17?,18?,19-,20?/m0/s1. The normalized spacial score (nSPS) is 18.6. The maximum Gasteiger partial charge on any atom is 0.389 e. The van der Waals surface area contributed by atoms with Crippen molar-refractivity contribution in [1.29, 1.82) is 0 Å². The highest BCUT2D eigenvalue weighted by molar-refractivity contribution is 5.94. The molecule has 1 heterocycles. The number of benzene rings is 1. The molecule has 0 saturated carbocycles. The van der Waals surface area contributed by atoms with Crippen molar-refractivity contribution in [3.63, 3.8) is 0 Å². The van der Waals surface area contributed by atoms with Crippen molar-refractivity contribution < 1.29 is 47.3 Å². The molecular formula is C25H34F3N3O7. The third kappa shape index (κ3) is 9.84. The van der Waals surface area contributed by atoms with Crippen LogP contribution in [0, 0.1) is 5.92 Å². The van der Waals surface area contributed by atoms with E-state index in [-0.39, 0.29) is 12.2 Å². The lowest BCUT2D eigenvalue weighted by Gasteiger charge is -2.28. The van der Waals surface area contributed by atoms with Crippen molar-refractivity contribution in [1.82, 2.24) is 16.0 Å². The predicted molar refractivity (Wildman–Crippen MR) is 129 cm³/mol. The Morgan fingerprint density at radius 1 is 1.05 bits per heavy atom. The van der Waals surface area contributed by atoms with Gasteiger partial charge in [0.25, 0.3) is 0 Å². The summed E-state index contributed by atoms with van der Waals surface area (Å²) < 4.78 is 43.2. The summed E-state index contributed by atoms with van der Waals surface area (Å²) in [4.78, 5) is 50.4. The lowest BCUT2D eigenvalue weighted by Crippen LogP contribution is -2.58. The first kappa shape index (κ1) is 30.9. The fourth-order valence-electron chi connectivity index (χ4n) is 3.91. The average molecular weight is 546 g/mol. The van der Waals surface area contributed by atoms with Crippen molar-refractivity contribution in [3.05, 3.63) is 29.8 Å². The van der Waals surface area contributed by atoms with Crippen LogP contribution in [0.5, 0.6) is 5.75 Å². The quantitative estimate of drug-likeness (QED) is 0.254. The summed E-state index contributed by atoms with van der Waals surface area (Å²) in [6.07, 6.45) is -6.07. The summed E-state index contributed by atoms with van der Waals surface area (Å²) in [5.74, 6) is -4.34. The number of ether oxygens (including phenoxy) is 1. The van der Waals surface area contributed by atoms with E-state index in [1.165, 1.54) is 12.1 Å². The second-order valence-electron chi connectivity index (χ2n) is 9.36. The molecular weight excluding hydrogens is 511 g/mol. The molecule has 1 aromatic rings. The van der Waals surface area contributed by atoms with Gasteiger partial charge in [-0.3, -0.25) is 14.4 Å². The number of carbonyl (C=O) groups excluding carboxylic acids is 3. The Morgan fingerprint density at radius 3 is 2.24 bits per heavy atom. The molecule has 3 amide bonds. The van der Waals surface area contributed by atoms with Crippen LogP contribution in [0.1, 0.15) is 51.5 Å². The van der Waals surface area contributed by atoms with Crippen LogP contribution in [0.2, 0.25) is 0 Å². The molecule has 5 atom stereocenters. The van der Waals surface area contributed by atoms with Crippen LogP contribution in [-0.4, -0.2) is 70.9 Å². The number of aromatic hydroxyl groups is 1. The molecule has 5 N–H and O–H groups in total. The van der Waals surface area contributed by atoms with Crippen LogP contribution >= 0.6 is 0 Å². The Hall–Kier alpha value is -3.35. The molecule has 10 nitrogen and oxygen atoms in total. The number of hydrogen-bond donors (Lipinski definition) is 5. The summed E-state index contributed by atoms with van der Waals surface area (Å²) in [5, 5.41) is 26.1. The first-order chi connectivity index (χ1) is 17.8. The zero-order valence-corrected chi connectivity index (χ0v) is 21.2. The third-order valence-electron chi connectivity index (χ3n) is 6.36. The van der Waals surface area contributed by atoms with Gasteiger partial charge in [0.15, 0.2) is 0 Å². The Balaban J connectivity index is 2.20. The van der Waals surface area contributed by atoms with E-state index in [0.717, 1.165) is 0 Å². The number of alkyl halides is 3. The largest absolute Gasteiger partial charge is 0.508 e. The van der Waals surface area contributed by atoms with E-state index >= 15 is 0 Å². The second kappa shape index (κ2) is 14.0. The van der Waals surface area contributed by atoms with E-state index in [1.54, 1.807) is 26.0 Å². The predicted octanol–water partition coefficient (Wildman–Crippen LogP) is 2.04. The summed E-state index contributed by atoms with van der Waals surface area (Å²) in [7, 11) is 0. The van der Waals surface area contributed by atoms with Crippen LogP contribution in [-0.2, 0) is 30.3 Å². The van der Waals surface area contributed by atoms with Gasteiger partial charge < -0.3 is 30.9 Å². The number of amides is 3. The Bertz CT molecular complexity index is 966. The minimum Gasteiger partial charge on any atom is -0.508 e. The fourth-order valence-corrected chi connectivity index (χ4v) is 3.91. The van der Waals surface area contributed by atoms with Gasteiger partial charge in [-0.1, -0.05) is 32.4 Å². The Morgan fingerprint density at radius 2 is 1.71 bits per heavy atom. The molecule has 0 aromatic heterocycles. The molecule has 1 aliphatic heterocycles. The summed E-state index contributed by atoms with van der Waals surface area (Å²) in [5.41, 5.74) is 0.596. The second-order valence-corrected chi connectivity index (χ2v) is 9.36. The SMILES string of the molecule is CCC(C)C(NC(=O)C(Cc1ccc(O)cc1)NC(=O)[C@@H]1CCCO1)C(=O)NC(CCC(F)(F)F)C(=O)O. The van der Waals surface area contributed by atoms with Crippen LogP contribution in [0.3, 0.4) is 0 Å². The number of rotatable bonds is 13. The molecule has 0 spiro atoms. The molecule has 0 radical (unpaired) electrons. The molecule has 1 saturated heterocycles. The molecule has 0 aliphatic carbocycles. The van der Waals surface area contributed by atoms with Gasteiger partial charge in [0.2, 0.25) is 17.7 Å². The van der Waals surface area contributed by atoms with Crippen LogP contribution in [0.4, 0.5) is 13.2 Å². The topological polar surface area (TPSA) is 154 Å². The van der Waals surface area contributed by atoms with Gasteiger partial charge in [0.05, 0.1) is 0 Å². The van der Waals surface area contributed by atoms with E-state index in [9.17, 15) is 42.6 Å². The van der Waals surface area contributed by atoms with E-state index in [0.29, 0.717) is 31.4 Å². The van der Waals surface area contributed by atoms with Crippen LogP contribution < -0.4 is 16.0 Å². The molecule has 1 fully saturated rings. The van der Waals surface area contributed by atoms with Crippen molar-refractivity contribution in [3.8, 4) is 5.75 Å². The van der Waals surface area contributed by atoms with Crippen molar-refractivity contribution >= 4 is 23.7 Å². The smallest absolute Gasteiger partial charge is 0.389 e. The van der Waals surface area contributed by atoms with Gasteiger partial charge in [-0.05, 0) is 42.9 Å². The zero-order valence-electron chi connectivity index (χ0n) is 21.2. The van der Waals surface area contributed by atoms with Gasteiger partial charge in [-0.15, -0.1) is 0 Å². The number of nitrogens with one attached hydrogen (secondary N) is 3. The molecule has 0 bridgehead atoms. The highest BCUT2D eigenvalue weighted by Gasteiger charge is 2.35. The van der Waals surface area contributed by atoms with Crippen molar-refractivity contribution in [2.45, 2.75) is 82.8 Å². The highest BCUT2D eigenvalue weighted by Crippen LogP contribution is 2.22. The lowest BCUT2D eigenvalue weighted by molar-refractivity contribution is -0.148. The number of hydrogen-bond acceptors (Lipinski definition) is 6. The monoisotopic (exact) mass is 545 g/mol. The minimum atomic E-state index is -4.61. The summed E-state index contributed by atoms with van der Waals surface area (Å²) >= 11 is 0. The first-order valence-corrected chi connectivity index (χ1v) is 12.4. The van der Waals surface area contributed by atoms with E-state index in [4.69, 9.17) is 4.74 Å². The number of carbonyl (C=O) groups is 4. The van der Waals surface area contributed by atoms with Crippen molar-refractivity contribution in [2.75, 3.05) is 6.61 Å². The van der Waals surface area contributed by atoms with Crippen LogP contribution in [0.15, 0.2) is 24.3 Å². The lowest BCUT2D eigenvalue weighted by atomic mass is 9.96. The first-order valence-electron chi connectivity index (χ1n) is 12.4. The molecule has 13 heteroatoms. The number of halogens is 3. The molecule has 212 valence electrons. The molecule has 1 aliphatic rings. The van der Waals surface area contributed by atoms with E-state index in [1.807, 2.05) is 0 Å². The Labute approximate surface area is 218 Å². The molecule has 2 rings (SSSR count). The van der Waals surface area contributed by atoms with Crippen molar-refractivity contribution in [2.24, 2.45) is 5.92 Å². The van der Waals surface area contributed by atoms with Gasteiger partial charge in [-0.2, -0.15) is 13.2 Å². The van der Waals surface area contributed by atoms with Gasteiger partial charge in [0, 0.05) is 19.4 Å². The zero-order chi connectivity index (χ0) is 28.5. The van der Waals surface area contributed by atoms with E-state index < -0.39 is 72.9 Å². The number of carboxylic acid groups (broad SMARTS) is 1. The molecule has 4 unspecified atom stereocenters. The number of phenols is 1. The minimum absolute atomic E-state index is 0.00273. The van der Waals surface area contributed by atoms with Crippen LogP contribution in [0.25, 0.3) is 0 Å². The maximum absolute atomic E-state index is 13.3. The molecule has 38 heavy (non-hydrogen) atoms. The number of carboxylic acids is 1. The van der Waals surface area contributed by atoms with Gasteiger partial charge in [0.1, 0.15) is 30.0 Å². The number of phenolic OH excluding ortho intramolecular Hbond substituents is 1. The average Bonchev–Trinajstić information content (AvgIpc) is 3.39. The third-order valence-corrected chi connectivity index (χ3v) is 6.36. The van der Waals surface area contributed by atoms with Gasteiger partial charge >= 0.3 is 12.1 Å². The molecule has 1 aromatic carbocycles. The maximum atomic E-state index is 13.3. The Kier molecular flexibility index (Phi) is 11.4. The summed E-state index contributed by atoms with van der Waals surface area (Å²) in [6.45, 7) is 3.75. The van der Waals surface area contributed by atoms with E-state index in [2.05, 4.69) is 16.0 Å². The fraction of sp³-hybridized carbons (Fsp3) is 0.600. The highest BCUT2D eigenvalue weighted by atomic mass is 19.4. The number of aliphatic carboxylic acids is 1. The van der Waals surface area contributed by atoms with Gasteiger partial charge in [-0.25, -0.2) is 4.79 Å².